The van der Waals surface area contributed by atoms with Crippen molar-refractivity contribution in [1.82, 2.24) is 4.90 Å². The van der Waals surface area contributed by atoms with Crippen LogP contribution in [0, 0.1) is 5.92 Å². The minimum absolute atomic E-state index is 0.0114. The average Bonchev–Trinajstić information content (AvgIpc) is 2.60. The molecule has 0 aliphatic carbocycles. The van der Waals surface area contributed by atoms with Crippen LogP contribution >= 0.6 is 0 Å². The van der Waals surface area contributed by atoms with Gasteiger partial charge in [0.2, 0.25) is 0 Å². The number of rotatable bonds is 3. The van der Waals surface area contributed by atoms with Crippen molar-refractivity contribution in [1.29, 1.82) is 0 Å². The highest BCUT2D eigenvalue weighted by molar-refractivity contribution is 5.89. The fourth-order valence-electron chi connectivity index (χ4n) is 4.14. The van der Waals surface area contributed by atoms with Crippen LogP contribution in [0.15, 0.2) is 60.7 Å². The lowest BCUT2D eigenvalue weighted by atomic mass is 9.73. The molecule has 3 fully saturated rings. The highest BCUT2D eigenvalue weighted by atomic mass is 16.1. The molecular weight excluding hydrogens is 270 g/mol. The van der Waals surface area contributed by atoms with Crippen molar-refractivity contribution in [2.45, 2.75) is 24.8 Å². The molecule has 0 saturated carbocycles. The third-order valence-corrected chi connectivity index (χ3v) is 5.25. The Hall–Kier alpha value is -1.93. The Morgan fingerprint density at radius 1 is 0.818 bits per heavy atom. The molecule has 112 valence electrons. The fourth-order valence-corrected chi connectivity index (χ4v) is 4.14. The van der Waals surface area contributed by atoms with Gasteiger partial charge in [0.05, 0.1) is 6.04 Å². The van der Waals surface area contributed by atoms with Gasteiger partial charge < -0.3 is 0 Å². The molecule has 5 rings (SSSR count). The van der Waals surface area contributed by atoms with Gasteiger partial charge in [-0.25, -0.2) is 0 Å². The van der Waals surface area contributed by atoms with Crippen LogP contribution in [-0.2, 0) is 4.79 Å². The molecule has 0 radical (unpaired) electrons. The topological polar surface area (TPSA) is 20.3 Å². The second-order valence-corrected chi connectivity index (χ2v) is 6.46. The number of fused-ring (bicyclic) bond motifs is 3. The minimum Gasteiger partial charge on any atom is -0.298 e. The SMILES string of the molecule is O=C1C2CCN(CC2)C1C(c1ccccc1)c1ccccc1. The molecule has 2 heteroatoms. The van der Waals surface area contributed by atoms with Crippen molar-refractivity contribution in [3.8, 4) is 0 Å². The number of piperidine rings is 3. The summed E-state index contributed by atoms with van der Waals surface area (Å²) in [5.74, 6) is 0.887. The number of nitrogens with zero attached hydrogens (tertiary/aromatic N) is 1. The smallest absolute Gasteiger partial charge is 0.154 e. The lowest BCUT2D eigenvalue weighted by Crippen LogP contribution is -2.57. The Morgan fingerprint density at radius 2 is 1.32 bits per heavy atom. The Morgan fingerprint density at radius 3 is 1.77 bits per heavy atom. The van der Waals surface area contributed by atoms with Crippen molar-refractivity contribution in [3.63, 3.8) is 0 Å². The summed E-state index contributed by atoms with van der Waals surface area (Å²) >= 11 is 0. The zero-order chi connectivity index (χ0) is 14.9. The maximum absolute atomic E-state index is 12.9. The van der Waals surface area contributed by atoms with Crippen molar-refractivity contribution in [3.05, 3.63) is 71.8 Å². The van der Waals surface area contributed by atoms with Gasteiger partial charge in [0.15, 0.2) is 5.78 Å². The number of ketones is 1. The second kappa shape index (κ2) is 5.69. The molecule has 22 heavy (non-hydrogen) atoms. The van der Waals surface area contributed by atoms with Crippen molar-refractivity contribution in [2.24, 2.45) is 5.92 Å². The number of benzene rings is 2. The summed E-state index contributed by atoms with van der Waals surface area (Å²) in [6, 6.07) is 21.0. The minimum atomic E-state index is 0.0114. The molecule has 2 aromatic carbocycles. The van der Waals surface area contributed by atoms with Crippen LogP contribution in [0.5, 0.6) is 0 Å². The van der Waals surface area contributed by atoms with E-state index in [-0.39, 0.29) is 17.9 Å². The van der Waals surface area contributed by atoms with Gasteiger partial charge in [-0.2, -0.15) is 0 Å². The predicted molar refractivity (Wildman–Crippen MR) is 87.8 cm³/mol. The summed E-state index contributed by atoms with van der Waals surface area (Å²) in [4.78, 5) is 15.3. The predicted octanol–water partition coefficient (Wildman–Crippen LogP) is 3.48. The molecule has 0 amide bonds. The third kappa shape index (κ3) is 2.28. The van der Waals surface area contributed by atoms with Gasteiger partial charge in [0.1, 0.15) is 0 Å². The van der Waals surface area contributed by atoms with E-state index in [1.807, 2.05) is 12.1 Å². The first-order chi connectivity index (χ1) is 10.8. The standard InChI is InChI=1S/C20H21NO/c22-20-17-11-13-21(14-12-17)19(20)18(15-7-3-1-4-8-15)16-9-5-2-6-10-16/h1-10,17-19H,11-14H2. The lowest BCUT2D eigenvalue weighted by Gasteiger charge is -2.47. The van der Waals surface area contributed by atoms with E-state index in [2.05, 4.69) is 53.4 Å². The summed E-state index contributed by atoms with van der Waals surface area (Å²) in [5.41, 5.74) is 2.50. The van der Waals surface area contributed by atoms with Crippen molar-refractivity contribution < 1.29 is 4.79 Å². The average molecular weight is 291 g/mol. The van der Waals surface area contributed by atoms with E-state index < -0.39 is 0 Å². The summed E-state index contributed by atoms with van der Waals surface area (Å²) < 4.78 is 0. The zero-order valence-electron chi connectivity index (χ0n) is 12.7. The van der Waals surface area contributed by atoms with E-state index in [1.165, 1.54) is 11.1 Å². The van der Waals surface area contributed by atoms with Gasteiger partial charge in [-0.15, -0.1) is 0 Å². The van der Waals surface area contributed by atoms with Gasteiger partial charge in [-0.05, 0) is 37.1 Å². The Balaban J connectivity index is 1.79. The van der Waals surface area contributed by atoms with E-state index in [1.54, 1.807) is 0 Å². The first-order valence-corrected chi connectivity index (χ1v) is 8.22. The van der Waals surface area contributed by atoms with Gasteiger partial charge >= 0.3 is 0 Å². The highest BCUT2D eigenvalue weighted by Crippen LogP contribution is 2.39. The molecule has 2 nitrogen and oxygen atoms in total. The van der Waals surface area contributed by atoms with Crippen LogP contribution in [0.4, 0.5) is 0 Å². The van der Waals surface area contributed by atoms with Gasteiger partial charge in [-0.1, -0.05) is 60.7 Å². The molecule has 1 unspecified atom stereocenters. The van der Waals surface area contributed by atoms with E-state index in [0.29, 0.717) is 5.78 Å². The number of carbonyl (C=O) groups is 1. The molecule has 0 N–H and O–H groups in total. The summed E-state index contributed by atoms with van der Waals surface area (Å²) in [7, 11) is 0. The van der Waals surface area contributed by atoms with Crippen molar-refractivity contribution >= 4 is 5.78 Å². The largest absolute Gasteiger partial charge is 0.298 e. The molecular formula is C20H21NO. The van der Waals surface area contributed by atoms with E-state index in [4.69, 9.17) is 0 Å². The van der Waals surface area contributed by atoms with Crippen LogP contribution < -0.4 is 0 Å². The number of hydrogen-bond donors (Lipinski definition) is 0. The monoisotopic (exact) mass is 291 g/mol. The van der Waals surface area contributed by atoms with Crippen LogP contribution in [0.3, 0.4) is 0 Å². The molecule has 3 aliphatic rings. The number of carbonyl (C=O) groups excluding carboxylic acids is 1. The first kappa shape index (κ1) is 13.7. The summed E-state index contributed by atoms with van der Waals surface area (Å²) in [6.07, 6.45) is 2.09. The molecule has 0 spiro atoms. The van der Waals surface area contributed by atoms with E-state index in [0.717, 1.165) is 25.9 Å². The Kier molecular flexibility index (Phi) is 3.55. The second-order valence-electron chi connectivity index (χ2n) is 6.46. The number of hydrogen-bond acceptors (Lipinski definition) is 2. The normalized spacial score (nSPS) is 27.3. The lowest BCUT2D eigenvalue weighted by molar-refractivity contribution is -0.137. The maximum atomic E-state index is 12.9. The van der Waals surface area contributed by atoms with Crippen LogP contribution in [-0.4, -0.2) is 29.8 Å². The molecule has 1 atom stereocenters. The molecule has 2 aromatic rings. The first-order valence-electron chi connectivity index (χ1n) is 8.22. The van der Waals surface area contributed by atoms with Crippen LogP contribution in [0.2, 0.25) is 0 Å². The van der Waals surface area contributed by atoms with E-state index >= 15 is 0 Å². The van der Waals surface area contributed by atoms with Gasteiger partial charge in [0.25, 0.3) is 0 Å². The van der Waals surface area contributed by atoms with Crippen molar-refractivity contribution in [2.75, 3.05) is 13.1 Å². The van der Waals surface area contributed by atoms with Gasteiger partial charge in [0, 0.05) is 11.8 Å². The summed E-state index contributed by atoms with van der Waals surface area (Å²) in [6.45, 7) is 2.13. The highest BCUT2D eigenvalue weighted by Gasteiger charge is 2.45. The van der Waals surface area contributed by atoms with Crippen LogP contribution in [0.1, 0.15) is 29.9 Å². The maximum Gasteiger partial charge on any atom is 0.154 e. The molecule has 3 aliphatic heterocycles. The Labute approximate surface area is 131 Å². The zero-order valence-corrected chi connectivity index (χ0v) is 12.7. The molecule has 3 heterocycles. The van der Waals surface area contributed by atoms with Gasteiger partial charge in [-0.3, -0.25) is 9.69 Å². The fraction of sp³-hybridized carbons (Fsp3) is 0.350. The van der Waals surface area contributed by atoms with Crippen LogP contribution in [0.25, 0.3) is 0 Å². The Bertz CT molecular complexity index is 604. The summed E-state index contributed by atoms with van der Waals surface area (Å²) in [5, 5.41) is 0. The molecule has 3 saturated heterocycles. The molecule has 0 aromatic heterocycles. The third-order valence-electron chi connectivity index (χ3n) is 5.25. The number of Topliss-reactive ketones (excluding diaryl/α,β-unsaturated/α-hetero) is 1. The molecule has 2 bridgehead atoms. The van der Waals surface area contributed by atoms with E-state index in [9.17, 15) is 4.79 Å². The quantitative estimate of drug-likeness (QED) is 0.863.